The highest BCUT2D eigenvalue weighted by Gasteiger charge is 2.07. The summed E-state index contributed by atoms with van der Waals surface area (Å²) in [7, 11) is 3.69. The predicted octanol–water partition coefficient (Wildman–Crippen LogP) is 4.09. The van der Waals surface area contributed by atoms with E-state index in [9.17, 15) is 0 Å². The van der Waals surface area contributed by atoms with Gasteiger partial charge in [-0.3, -0.25) is 0 Å². The van der Waals surface area contributed by atoms with Gasteiger partial charge in [0.05, 0.1) is 13.7 Å². The maximum absolute atomic E-state index is 5.96. The fourth-order valence-corrected chi connectivity index (χ4v) is 2.43. The lowest BCUT2D eigenvalue weighted by Gasteiger charge is -2.13. The maximum atomic E-state index is 5.96. The van der Waals surface area contributed by atoms with Crippen LogP contribution in [0.15, 0.2) is 48.5 Å². The number of hydrogen-bond donors (Lipinski definition) is 1. The van der Waals surface area contributed by atoms with Crippen LogP contribution in [-0.4, -0.2) is 27.3 Å². The third-order valence-corrected chi connectivity index (χ3v) is 3.62. The first-order valence-corrected chi connectivity index (χ1v) is 7.82. The number of unbranched alkanes of at least 4 members (excludes halogenated alkanes) is 1. The Labute approximate surface area is 145 Å². The van der Waals surface area contributed by atoms with Crippen molar-refractivity contribution in [1.29, 1.82) is 0 Å². The van der Waals surface area contributed by atoms with E-state index in [2.05, 4.69) is 23.5 Å². The molecule has 0 aliphatic heterocycles. The van der Waals surface area contributed by atoms with Gasteiger partial charge in [-0.2, -0.15) is 0 Å². The first-order valence-electron chi connectivity index (χ1n) is 7.82. The average Bonchev–Trinajstić information content (AvgIpc) is 2.56. The second-order valence-corrected chi connectivity index (χ2v) is 5.26. The van der Waals surface area contributed by atoms with Gasteiger partial charge in [0.1, 0.15) is 11.5 Å². The predicted molar refractivity (Wildman–Crippen MR) is 98.1 cm³/mol. The van der Waals surface area contributed by atoms with Gasteiger partial charge in [-0.25, -0.2) is 0 Å². The van der Waals surface area contributed by atoms with E-state index in [1.165, 1.54) is 11.1 Å². The lowest BCUT2D eigenvalue weighted by Crippen LogP contribution is -2.09. The van der Waals surface area contributed by atoms with Gasteiger partial charge in [0.2, 0.25) is 0 Å². The maximum Gasteiger partial charge on any atom is 0.122 e. The monoisotopic (exact) mass is 335 g/mol. The van der Waals surface area contributed by atoms with Crippen LogP contribution in [0.2, 0.25) is 0 Å². The zero-order valence-corrected chi connectivity index (χ0v) is 14.7. The number of nitrogens with one attached hydrogen (secondary N) is 1. The van der Waals surface area contributed by atoms with Crippen molar-refractivity contribution in [1.82, 2.24) is 5.32 Å². The first kappa shape index (κ1) is 19.3. The molecule has 0 aliphatic rings. The molecule has 0 saturated carbocycles. The molecule has 2 aromatic rings. The molecule has 0 fully saturated rings. The van der Waals surface area contributed by atoms with Crippen molar-refractivity contribution in [3.05, 3.63) is 59.7 Å². The van der Waals surface area contributed by atoms with Crippen molar-refractivity contribution in [3.63, 3.8) is 0 Å². The summed E-state index contributed by atoms with van der Waals surface area (Å²) in [6.07, 6.45) is 3.01. The Hall–Kier alpha value is -1.71. The molecule has 2 aromatic carbocycles. The zero-order chi connectivity index (χ0) is 15.6. The molecule has 0 amide bonds. The molecule has 4 heteroatoms. The minimum Gasteiger partial charge on any atom is -0.496 e. The molecule has 0 bridgehead atoms. The smallest absolute Gasteiger partial charge is 0.122 e. The third kappa shape index (κ3) is 6.12. The van der Waals surface area contributed by atoms with E-state index in [-0.39, 0.29) is 12.4 Å². The number of rotatable bonds is 9. The summed E-state index contributed by atoms with van der Waals surface area (Å²) < 4.78 is 11.4. The van der Waals surface area contributed by atoms with Crippen LogP contribution < -0.4 is 14.8 Å². The highest BCUT2D eigenvalue weighted by molar-refractivity contribution is 5.85. The van der Waals surface area contributed by atoms with E-state index in [1.54, 1.807) is 7.11 Å². The number of halogens is 1. The molecule has 23 heavy (non-hydrogen) atoms. The number of hydrogen-bond acceptors (Lipinski definition) is 3. The first-order chi connectivity index (χ1) is 10.8. The fourth-order valence-electron chi connectivity index (χ4n) is 2.43. The van der Waals surface area contributed by atoms with Gasteiger partial charge in [0, 0.05) is 6.42 Å². The number of ether oxygens (including phenoxy) is 2. The summed E-state index contributed by atoms with van der Waals surface area (Å²) in [6, 6.07) is 16.4. The van der Waals surface area contributed by atoms with Crippen molar-refractivity contribution in [2.75, 3.05) is 27.3 Å². The Balaban J connectivity index is 0.00000264. The van der Waals surface area contributed by atoms with Gasteiger partial charge in [-0.15, -0.1) is 12.4 Å². The van der Waals surface area contributed by atoms with Crippen LogP contribution in [0.4, 0.5) is 0 Å². The highest BCUT2D eigenvalue weighted by atomic mass is 35.5. The Morgan fingerprint density at radius 3 is 2.13 bits per heavy atom. The molecule has 0 aromatic heterocycles. The molecule has 0 atom stereocenters. The van der Waals surface area contributed by atoms with Crippen LogP contribution in [0.1, 0.15) is 24.0 Å². The molecule has 0 unspecified atom stereocenters. The van der Waals surface area contributed by atoms with Crippen molar-refractivity contribution >= 4 is 12.4 Å². The molecule has 0 aliphatic carbocycles. The lowest BCUT2D eigenvalue weighted by atomic mass is 10.0. The molecule has 1 N–H and O–H groups in total. The standard InChI is InChI=1S/C19H25NO2.ClH/c1-20-13-7-8-14-22-19-12-6-4-10-17(19)15-16-9-3-5-11-18(16)21-2;/h3-6,9-12,20H,7-8,13-15H2,1-2H3;1H. The van der Waals surface area contributed by atoms with Crippen molar-refractivity contribution in [2.24, 2.45) is 0 Å². The van der Waals surface area contributed by atoms with E-state index in [4.69, 9.17) is 9.47 Å². The van der Waals surface area contributed by atoms with Crippen LogP contribution in [0.3, 0.4) is 0 Å². The van der Waals surface area contributed by atoms with Crippen LogP contribution in [0, 0.1) is 0 Å². The Morgan fingerprint density at radius 2 is 1.48 bits per heavy atom. The molecule has 0 heterocycles. The summed E-state index contributed by atoms with van der Waals surface area (Å²) in [6.45, 7) is 1.79. The van der Waals surface area contributed by atoms with E-state index in [1.807, 2.05) is 37.4 Å². The molecule has 3 nitrogen and oxygen atoms in total. The second-order valence-electron chi connectivity index (χ2n) is 5.26. The summed E-state index contributed by atoms with van der Waals surface area (Å²) in [5, 5.41) is 3.15. The van der Waals surface area contributed by atoms with Gasteiger partial charge < -0.3 is 14.8 Å². The van der Waals surface area contributed by atoms with Crippen LogP contribution in [0.25, 0.3) is 0 Å². The quantitative estimate of drug-likeness (QED) is 0.700. The lowest BCUT2D eigenvalue weighted by molar-refractivity contribution is 0.304. The van der Waals surface area contributed by atoms with E-state index < -0.39 is 0 Å². The molecule has 0 radical (unpaired) electrons. The van der Waals surface area contributed by atoms with Crippen LogP contribution >= 0.6 is 12.4 Å². The topological polar surface area (TPSA) is 30.5 Å². The largest absolute Gasteiger partial charge is 0.496 e. The third-order valence-electron chi connectivity index (χ3n) is 3.62. The molecular formula is C19H26ClNO2. The summed E-state index contributed by atoms with van der Waals surface area (Å²) in [5.41, 5.74) is 2.37. The second kappa shape index (κ2) is 10.9. The van der Waals surface area contributed by atoms with Crippen molar-refractivity contribution < 1.29 is 9.47 Å². The number of methoxy groups -OCH3 is 1. The zero-order valence-electron chi connectivity index (χ0n) is 13.9. The van der Waals surface area contributed by atoms with Crippen molar-refractivity contribution in [3.8, 4) is 11.5 Å². The normalized spacial score (nSPS) is 10.0. The average molecular weight is 336 g/mol. The Bertz CT molecular complexity index is 575. The van der Waals surface area contributed by atoms with Crippen LogP contribution in [-0.2, 0) is 6.42 Å². The van der Waals surface area contributed by atoms with Gasteiger partial charge >= 0.3 is 0 Å². The molecule has 0 spiro atoms. The Morgan fingerprint density at radius 1 is 0.870 bits per heavy atom. The summed E-state index contributed by atoms with van der Waals surface area (Å²) in [4.78, 5) is 0. The summed E-state index contributed by atoms with van der Waals surface area (Å²) >= 11 is 0. The van der Waals surface area contributed by atoms with Gasteiger partial charge in [0.15, 0.2) is 0 Å². The summed E-state index contributed by atoms with van der Waals surface area (Å²) in [5.74, 6) is 1.89. The van der Waals surface area contributed by atoms with E-state index in [0.29, 0.717) is 0 Å². The van der Waals surface area contributed by atoms with E-state index >= 15 is 0 Å². The molecule has 0 saturated heterocycles. The van der Waals surface area contributed by atoms with Crippen molar-refractivity contribution in [2.45, 2.75) is 19.3 Å². The fraction of sp³-hybridized carbons (Fsp3) is 0.368. The van der Waals surface area contributed by atoms with Gasteiger partial charge in [0.25, 0.3) is 0 Å². The molecule has 126 valence electrons. The molecule has 2 rings (SSSR count). The van der Waals surface area contributed by atoms with Crippen LogP contribution in [0.5, 0.6) is 11.5 Å². The minimum absolute atomic E-state index is 0. The molecular weight excluding hydrogens is 310 g/mol. The van der Waals surface area contributed by atoms with Gasteiger partial charge in [-0.05, 0) is 49.7 Å². The van der Waals surface area contributed by atoms with Gasteiger partial charge in [-0.1, -0.05) is 36.4 Å². The minimum atomic E-state index is 0. The number of para-hydroxylation sites is 2. The number of benzene rings is 2. The van der Waals surface area contributed by atoms with E-state index in [0.717, 1.165) is 43.9 Å². The SMILES string of the molecule is CNCCCCOc1ccccc1Cc1ccccc1OC.Cl. The Kier molecular flexibility index (Phi) is 9.18. The highest BCUT2D eigenvalue weighted by Crippen LogP contribution is 2.26.